The normalized spacial score (nSPS) is 10.9. The van der Waals surface area contributed by atoms with Gasteiger partial charge in [0, 0.05) is 12.6 Å². The van der Waals surface area contributed by atoms with Gasteiger partial charge in [-0.3, -0.25) is 0 Å². The van der Waals surface area contributed by atoms with E-state index in [1.807, 2.05) is 6.07 Å². The Hall–Kier alpha value is -2.34. The van der Waals surface area contributed by atoms with Crippen LogP contribution in [0.25, 0.3) is 11.3 Å². The topological polar surface area (TPSA) is 48.7 Å². The monoisotopic (exact) mass is 265 g/mol. The van der Waals surface area contributed by atoms with Crippen LogP contribution in [-0.4, -0.2) is 12.0 Å². The highest BCUT2D eigenvalue weighted by Gasteiger charge is 2.13. The Morgan fingerprint density at radius 3 is 2.20 bits per heavy atom. The lowest BCUT2D eigenvalue weighted by atomic mass is 9.86. The van der Waals surface area contributed by atoms with Crippen molar-refractivity contribution < 1.29 is 0 Å². The number of aromatic nitrogens is 1. The minimum Gasteiger partial charge on any atom is -0.372 e. The maximum atomic E-state index is 9.01. The first-order valence-corrected chi connectivity index (χ1v) is 6.65. The van der Waals surface area contributed by atoms with E-state index in [4.69, 9.17) is 5.26 Å². The number of hydrogen-bond donors (Lipinski definition) is 1. The van der Waals surface area contributed by atoms with Crippen LogP contribution >= 0.6 is 0 Å². The molecular formula is C17H19N3. The van der Waals surface area contributed by atoms with Crippen LogP contribution in [0.2, 0.25) is 0 Å². The fourth-order valence-corrected chi connectivity index (χ4v) is 2.04. The van der Waals surface area contributed by atoms with Crippen LogP contribution in [-0.2, 0) is 5.41 Å². The molecule has 102 valence electrons. The number of nitriles is 1. The van der Waals surface area contributed by atoms with Gasteiger partial charge in [-0.2, -0.15) is 5.26 Å². The van der Waals surface area contributed by atoms with Gasteiger partial charge in [-0.25, -0.2) is 4.98 Å². The standard InChI is InChI=1S/C17H19N3/c1-17(2,3)14-8-5-12(6-9-14)15-10-7-13(11-18)16(19-4)20-15/h5-10H,1-4H3,(H,19,20). The van der Waals surface area contributed by atoms with E-state index >= 15 is 0 Å². The van der Waals surface area contributed by atoms with Gasteiger partial charge in [-0.05, 0) is 23.1 Å². The summed E-state index contributed by atoms with van der Waals surface area (Å²) in [6.07, 6.45) is 0. The number of pyridine rings is 1. The maximum Gasteiger partial charge on any atom is 0.144 e. The third-order valence-corrected chi connectivity index (χ3v) is 3.30. The van der Waals surface area contributed by atoms with Crippen molar-refractivity contribution in [2.45, 2.75) is 26.2 Å². The van der Waals surface area contributed by atoms with Gasteiger partial charge in [0.1, 0.15) is 11.9 Å². The van der Waals surface area contributed by atoms with E-state index in [9.17, 15) is 0 Å². The van der Waals surface area contributed by atoms with Crippen molar-refractivity contribution in [1.82, 2.24) is 4.98 Å². The zero-order valence-electron chi connectivity index (χ0n) is 12.4. The summed E-state index contributed by atoms with van der Waals surface area (Å²) in [6, 6.07) is 14.2. The summed E-state index contributed by atoms with van der Waals surface area (Å²) in [4.78, 5) is 4.49. The summed E-state index contributed by atoms with van der Waals surface area (Å²) < 4.78 is 0. The summed E-state index contributed by atoms with van der Waals surface area (Å²) in [7, 11) is 1.77. The summed E-state index contributed by atoms with van der Waals surface area (Å²) in [5.41, 5.74) is 3.92. The second-order valence-corrected chi connectivity index (χ2v) is 5.78. The van der Waals surface area contributed by atoms with E-state index in [1.54, 1.807) is 13.1 Å². The number of benzene rings is 1. The molecule has 1 aromatic heterocycles. The van der Waals surface area contributed by atoms with Gasteiger partial charge in [0.2, 0.25) is 0 Å². The van der Waals surface area contributed by atoms with Crippen molar-refractivity contribution in [1.29, 1.82) is 5.26 Å². The molecule has 0 saturated heterocycles. The average Bonchev–Trinajstić information content (AvgIpc) is 2.45. The Morgan fingerprint density at radius 2 is 1.70 bits per heavy atom. The molecule has 2 rings (SSSR count). The zero-order valence-corrected chi connectivity index (χ0v) is 12.4. The lowest BCUT2D eigenvalue weighted by Crippen LogP contribution is -2.10. The molecule has 0 aliphatic rings. The summed E-state index contributed by atoms with van der Waals surface area (Å²) in [6.45, 7) is 6.59. The highest BCUT2D eigenvalue weighted by molar-refractivity contribution is 5.65. The largest absolute Gasteiger partial charge is 0.372 e. The summed E-state index contributed by atoms with van der Waals surface area (Å²) in [5.74, 6) is 0.616. The van der Waals surface area contributed by atoms with Crippen LogP contribution < -0.4 is 5.32 Å². The SMILES string of the molecule is CNc1nc(-c2ccc(C(C)(C)C)cc2)ccc1C#N. The predicted molar refractivity (Wildman–Crippen MR) is 82.6 cm³/mol. The van der Waals surface area contributed by atoms with Gasteiger partial charge < -0.3 is 5.32 Å². The van der Waals surface area contributed by atoms with E-state index < -0.39 is 0 Å². The molecule has 20 heavy (non-hydrogen) atoms. The first-order chi connectivity index (χ1) is 9.45. The Balaban J connectivity index is 2.40. The molecule has 1 N–H and O–H groups in total. The van der Waals surface area contributed by atoms with Crippen molar-refractivity contribution in [3.05, 3.63) is 47.5 Å². The van der Waals surface area contributed by atoms with Crippen molar-refractivity contribution in [3.8, 4) is 17.3 Å². The van der Waals surface area contributed by atoms with Crippen LogP contribution in [0, 0.1) is 11.3 Å². The van der Waals surface area contributed by atoms with Crippen LogP contribution in [0.5, 0.6) is 0 Å². The van der Waals surface area contributed by atoms with Crippen molar-refractivity contribution in [3.63, 3.8) is 0 Å². The van der Waals surface area contributed by atoms with E-state index in [-0.39, 0.29) is 5.41 Å². The maximum absolute atomic E-state index is 9.01. The first-order valence-electron chi connectivity index (χ1n) is 6.65. The fraction of sp³-hybridized carbons (Fsp3) is 0.294. The van der Waals surface area contributed by atoms with Crippen molar-refractivity contribution in [2.24, 2.45) is 0 Å². The average molecular weight is 265 g/mol. The molecule has 0 atom stereocenters. The molecule has 0 bridgehead atoms. The van der Waals surface area contributed by atoms with Crippen LogP contribution in [0.15, 0.2) is 36.4 Å². The Labute approximate surface area is 120 Å². The predicted octanol–water partition coefficient (Wildman–Crippen LogP) is 3.96. The Kier molecular flexibility index (Phi) is 3.76. The molecular weight excluding hydrogens is 246 g/mol. The molecule has 3 nitrogen and oxygen atoms in total. The third kappa shape index (κ3) is 2.80. The van der Waals surface area contributed by atoms with Crippen molar-refractivity contribution >= 4 is 5.82 Å². The third-order valence-electron chi connectivity index (χ3n) is 3.30. The summed E-state index contributed by atoms with van der Waals surface area (Å²) in [5, 5.41) is 12.0. The molecule has 0 aliphatic carbocycles. The van der Waals surface area contributed by atoms with Crippen LogP contribution in [0.1, 0.15) is 31.9 Å². The Bertz CT molecular complexity index is 643. The lowest BCUT2D eigenvalue weighted by molar-refractivity contribution is 0.590. The molecule has 1 aromatic carbocycles. The van der Waals surface area contributed by atoms with Gasteiger partial charge >= 0.3 is 0 Å². The molecule has 0 spiro atoms. The number of hydrogen-bond acceptors (Lipinski definition) is 3. The minimum atomic E-state index is 0.146. The van der Waals surface area contributed by atoms with Gasteiger partial charge in [-0.15, -0.1) is 0 Å². The molecule has 1 heterocycles. The molecule has 0 radical (unpaired) electrons. The van der Waals surface area contributed by atoms with Crippen LogP contribution in [0.3, 0.4) is 0 Å². The number of rotatable bonds is 2. The van der Waals surface area contributed by atoms with Crippen molar-refractivity contribution in [2.75, 3.05) is 12.4 Å². The Morgan fingerprint density at radius 1 is 1.05 bits per heavy atom. The number of nitrogens with one attached hydrogen (secondary N) is 1. The van der Waals surface area contributed by atoms with E-state index in [2.05, 4.69) is 61.4 Å². The van der Waals surface area contributed by atoms with Gasteiger partial charge in [0.05, 0.1) is 11.3 Å². The zero-order chi connectivity index (χ0) is 14.8. The smallest absolute Gasteiger partial charge is 0.144 e. The lowest BCUT2D eigenvalue weighted by Gasteiger charge is -2.19. The second-order valence-electron chi connectivity index (χ2n) is 5.78. The first kappa shape index (κ1) is 14.1. The minimum absolute atomic E-state index is 0.146. The molecule has 0 unspecified atom stereocenters. The van der Waals surface area contributed by atoms with E-state index in [1.165, 1.54) is 5.56 Å². The highest BCUT2D eigenvalue weighted by Crippen LogP contribution is 2.26. The molecule has 0 saturated carbocycles. The number of nitrogens with zero attached hydrogens (tertiary/aromatic N) is 2. The van der Waals surface area contributed by atoms with E-state index in [0.29, 0.717) is 11.4 Å². The molecule has 0 amide bonds. The second kappa shape index (κ2) is 5.34. The molecule has 2 aromatic rings. The van der Waals surface area contributed by atoms with Crippen LogP contribution in [0.4, 0.5) is 5.82 Å². The quantitative estimate of drug-likeness (QED) is 0.894. The molecule has 0 aliphatic heterocycles. The van der Waals surface area contributed by atoms with Gasteiger partial charge in [-0.1, -0.05) is 45.0 Å². The molecule has 0 fully saturated rings. The van der Waals surface area contributed by atoms with Gasteiger partial charge in [0.25, 0.3) is 0 Å². The molecule has 3 heteroatoms. The highest BCUT2D eigenvalue weighted by atomic mass is 15.0. The number of anilines is 1. The van der Waals surface area contributed by atoms with E-state index in [0.717, 1.165) is 11.3 Å². The summed E-state index contributed by atoms with van der Waals surface area (Å²) >= 11 is 0. The fourth-order valence-electron chi connectivity index (χ4n) is 2.04. The van der Waals surface area contributed by atoms with Gasteiger partial charge in [0.15, 0.2) is 0 Å².